The maximum atomic E-state index is 12.2. The van der Waals surface area contributed by atoms with Crippen molar-refractivity contribution in [2.75, 3.05) is 19.0 Å². The summed E-state index contributed by atoms with van der Waals surface area (Å²) in [4.78, 5) is 14.2. The normalized spacial score (nSPS) is 19.9. The smallest absolute Gasteiger partial charge is 0.225 e. The van der Waals surface area contributed by atoms with E-state index in [1.165, 1.54) is 0 Å². The number of hydrogen-bond acceptors (Lipinski definition) is 2. The molecule has 0 aliphatic carbocycles. The Balaban J connectivity index is 2.52. The average Bonchev–Trinajstić information content (AvgIpc) is 2.82. The van der Waals surface area contributed by atoms with Crippen molar-refractivity contribution in [1.29, 1.82) is 0 Å². The van der Waals surface area contributed by atoms with Crippen molar-refractivity contribution < 1.29 is 9.53 Å². The Hall–Kier alpha value is -0.280. The van der Waals surface area contributed by atoms with E-state index in [0.717, 1.165) is 32.3 Å². The number of nitrogens with zero attached hydrogens (tertiary/aromatic N) is 1. The zero-order chi connectivity index (χ0) is 12.7. The first-order valence-electron chi connectivity index (χ1n) is 6.69. The fourth-order valence-corrected chi connectivity index (χ4v) is 2.63. The summed E-state index contributed by atoms with van der Waals surface area (Å²) in [5.41, 5.74) is 0. The van der Waals surface area contributed by atoms with Crippen LogP contribution in [0.25, 0.3) is 0 Å². The highest BCUT2D eigenvalue weighted by Crippen LogP contribution is 2.18. The van der Waals surface area contributed by atoms with Gasteiger partial charge in [-0.05, 0) is 25.7 Å². The van der Waals surface area contributed by atoms with Gasteiger partial charge in [0, 0.05) is 25.1 Å². The number of hydrogen-bond donors (Lipinski definition) is 0. The summed E-state index contributed by atoms with van der Waals surface area (Å²) in [5, 5.41) is 0. The van der Waals surface area contributed by atoms with Crippen LogP contribution >= 0.6 is 11.6 Å². The van der Waals surface area contributed by atoms with Crippen LogP contribution in [0.15, 0.2) is 0 Å². The Kier molecular flexibility index (Phi) is 6.90. The van der Waals surface area contributed by atoms with Gasteiger partial charge in [0.1, 0.15) is 0 Å². The van der Waals surface area contributed by atoms with Crippen molar-refractivity contribution in [3.8, 4) is 0 Å². The topological polar surface area (TPSA) is 29.5 Å². The largest absolute Gasteiger partial charge is 0.378 e. The van der Waals surface area contributed by atoms with Gasteiger partial charge in [-0.3, -0.25) is 4.79 Å². The molecule has 0 spiro atoms. The summed E-state index contributed by atoms with van der Waals surface area (Å²) in [6, 6.07) is 0.322. The molecule has 0 saturated carbocycles. The Morgan fingerprint density at radius 3 is 2.65 bits per heavy atom. The number of amides is 1. The lowest BCUT2D eigenvalue weighted by Crippen LogP contribution is -2.42. The summed E-state index contributed by atoms with van der Waals surface area (Å²) in [6.07, 6.45) is 4.74. The van der Waals surface area contributed by atoms with Crippen LogP contribution in [-0.4, -0.2) is 42.0 Å². The molecular formula is C13H24ClNO2. The van der Waals surface area contributed by atoms with Gasteiger partial charge in [0.2, 0.25) is 5.91 Å². The van der Waals surface area contributed by atoms with Crippen molar-refractivity contribution in [3.05, 3.63) is 0 Å². The second-order valence-electron chi connectivity index (χ2n) is 4.59. The molecule has 1 saturated heterocycles. The molecule has 1 aliphatic rings. The second-order valence-corrected chi connectivity index (χ2v) is 4.96. The standard InChI is InChI=1S/C13H24ClNO2/c1-3-11(4-2)15(8-7-14)13(16)10-12-6-5-9-17-12/h11-12H,3-10H2,1-2H3. The number of carbonyl (C=O) groups excluding carboxylic acids is 1. The molecule has 100 valence electrons. The van der Waals surface area contributed by atoms with Gasteiger partial charge in [-0.15, -0.1) is 11.6 Å². The van der Waals surface area contributed by atoms with Crippen molar-refractivity contribution in [3.63, 3.8) is 0 Å². The Morgan fingerprint density at radius 2 is 2.18 bits per heavy atom. The molecule has 1 rings (SSSR count). The minimum Gasteiger partial charge on any atom is -0.378 e. The highest BCUT2D eigenvalue weighted by Gasteiger charge is 2.25. The molecule has 1 atom stereocenters. The lowest BCUT2D eigenvalue weighted by atomic mass is 10.1. The molecule has 0 N–H and O–H groups in total. The zero-order valence-electron chi connectivity index (χ0n) is 11.0. The van der Waals surface area contributed by atoms with Crippen LogP contribution in [0.5, 0.6) is 0 Å². The van der Waals surface area contributed by atoms with E-state index in [0.29, 0.717) is 24.9 Å². The summed E-state index contributed by atoms with van der Waals surface area (Å²) in [7, 11) is 0. The average molecular weight is 262 g/mol. The maximum absolute atomic E-state index is 12.2. The van der Waals surface area contributed by atoms with E-state index in [2.05, 4.69) is 13.8 Å². The fraction of sp³-hybridized carbons (Fsp3) is 0.923. The van der Waals surface area contributed by atoms with Crippen LogP contribution in [-0.2, 0) is 9.53 Å². The molecule has 0 bridgehead atoms. The first kappa shape index (κ1) is 14.8. The summed E-state index contributed by atoms with van der Waals surface area (Å²) in [5.74, 6) is 0.708. The molecule has 1 aliphatic heterocycles. The third-order valence-electron chi connectivity index (χ3n) is 3.46. The maximum Gasteiger partial charge on any atom is 0.225 e. The van der Waals surface area contributed by atoms with Gasteiger partial charge in [-0.25, -0.2) is 0 Å². The van der Waals surface area contributed by atoms with E-state index in [9.17, 15) is 4.79 Å². The van der Waals surface area contributed by atoms with E-state index in [-0.39, 0.29) is 12.0 Å². The lowest BCUT2D eigenvalue weighted by Gasteiger charge is -2.30. The first-order valence-corrected chi connectivity index (χ1v) is 7.23. The van der Waals surface area contributed by atoms with Crippen molar-refractivity contribution in [2.24, 2.45) is 0 Å². The summed E-state index contributed by atoms with van der Waals surface area (Å²) in [6.45, 7) is 5.70. The van der Waals surface area contributed by atoms with E-state index >= 15 is 0 Å². The lowest BCUT2D eigenvalue weighted by molar-refractivity contribution is -0.135. The predicted octanol–water partition coefficient (Wildman–Crippen LogP) is 2.81. The van der Waals surface area contributed by atoms with Crippen molar-refractivity contribution >= 4 is 17.5 Å². The highest BCUT2D eigenvalue weighted by molar-refractivity contribution is 6.18. The highest BCUT2D eigenvalue weighted by atomic mass is 35.5. The molecule has 0 radical (unpaired) electrons. The minimum absolute atomic E-state index is 0.134. The Labute approximate surface area is 109 Å². The molecule has 1 unspecified atom stereocenters. The number of rotatable bonds is 7. The molecule has 1 fully saturated rings. The predicted molar refractivity (Wildman–Crippen MR) is 70.4 cm³/mol. The van der Waals surface area contributed by atoms with Gasteiger partial charge in [0.05, 0.1) is 12.5 Å². The fourth-order valence-electron chi connectivity index (χ4n) is 2.45. The van der Waals surface area contributed by atoms with E-state index in [4.69, 9.17) is 16.3 Å². The molecule has 17 heavy (non-hydrogen) atoms. The number of ether oxygens (including phenoxy) is 1. The SMILES string of the molecule is CCC(CC)N(CCCl)C(=O)CC1CCCO1. The van der Waals surface area contributed by atoms with Crippen molar-refractivity contribution in [1.82, 2.24) is 4.90 Å². The van der Waals surface area contributed by atoms with Gasteiger partial charge >= 0.3 is 0 Å². The van der Waals surface area contributed by atoms with Crippen LogP contribution in [0, 0.1) is 0 Å². The molecule has 0 aromatic heterocycles. The number of alkyl halides is 1. The van der Waals surface area contributed by atoms with E-state index in [1.807, 2.05) is 4.90 Å². The monoisotopic (exact) mass is 261 g/mol. The van der Waals surface area contributed by atoms with Crippen LogP contribution in [0.3, 0.4) is 0 Å². The molecule has 0 aromatic rings. The molecule has 3 nitrogen and oxygen atoms in total. The van der Waals surface area contributed by atoms with Gasteiger partial charge in [0.15, 0.2) is 0 Å². The minimum atomic E-state index is 0.134. The van der Waals surface area contributed by atoms with Gasteiger partial charge < -0.3 is 9.64 Å². The van der Waals surface area contributed by atoms with Gasteiger partial charge in [-0.1, -0.05) is 13.8 Å². The molecule has 1 heterocycles. The molecule has 1 amide bonds. The Morgan fingerprint density at radius 1 is 1.47 bits per heavy atom. The van der Waals surface area contributed by atoms with Crippen LogP contribution < -0.4 is 0 Å². The molecular weight excluding hydrogens is 238 g/mol. The third kappa shape index (κ3) is 4.47. The van der Waals surface area contributed by atoms with Crippen LogP contribution in [0.2, 0.25) is 0 Å². The zero-order valence-corrected chi connectivity index (χ0v) is 11.7. The van der Waals surface area contributed by atoms with Gasteiger partial charge in [-0.2, -0.15) is 0 Å². The van der Waals surface area contributed by atoms with Crippen LogP contribution in [0.4, 0.5) is 0 Å². The summed E-state index contributed by atoms with van der Waals surface area (Å²) < 4.78 is 5.52. The van der Waals surface area contributed by atoms with E-state index < -0.39 is 0 Å². The van der Waals surface area contributed by atoms with E-state index in [1.54, 1.807) is 0 Å². The number of halogens is 1. The summed E-state index contributed by atoms with van der Waals surface area (Å²) >= 11 is 5.79. The number of carbonyl (C=O) groups is 1. The van der Waals surface area contributed by atoms with Gasteiger partial charge in [0.25, 0.3) is 0 Å². The van der Waals surface area contributed by atoms with Crippen molar-refractivity contribution in [2.45, 2.75) is 58.1 Å². The molecule has 0 aromatic carbocycles. The Bertz CT molecular complexity index is 225. The third-order valence-corrected chi connectivity index (χ3v) is 3.62. The molecule has 4 heteroatoms. The first-order chi connectivity index (χ1) is 8.22. The van der Waals surface area contributed by atoms with Crippen LogP contribution in [0.1, 0.15) is 46.0 Å². The second kappa shape index (κ2) is 7.93. The quantitative estimate of drug-likeness (QED) is 0.660.